The van der Waals surface area contributed by atoms with E-state index in [9.17, 15) is 13.2 Å². The lowest BCUT2D eigenvalue weighted by Crippen LogP contribution is -2.19. The van der Waals surface area contributed by atoms with Gasteiger partial charge in [0.25, 0.3) is 0 Å². The molecule has 0 unspecified atom stereocenters. The van der Waals surface area contributed by atoms with Crippen molar-refractivity contribution in [3.63, 3.8) is 0 Å². The Hall–Kier alpha value is -1.19. The van der Waals surface area contributed by atoms with Crippen molar-refractivity contribution >= 4 is 0 Å². The number of hydrogen-bond donors (Lipinski definition) is 0. The van der Waals surface area contributed by atoms with Crippen LogP contribution in [0, 0.1) is 5.92 Å². The fourth-order valence-electron chi connectivity index (χ4n) is 1.63. The maximum absolute atomic E-state index is 11.9. The highest BCUT2D eigenvalue weighted by Gasteiger charge is 2.28. The Labute approximate surface area is 106 Å². The lowest BCUT2D eigenvalue weighted by molar-refractivity contribution is -0.153. The summed E-state index contributed by atoms with van der Waals surface area (Å²) in [5.74, 6) is 0.944. The van der Waals surface area contributed by atoms with Gasteiger partial charge in [0.2, 0.25) is 0 Å². The predicted molar refractivity (Wildman–Crippen MR) is 65.8 cm³/mol. The lowest BCUT2D eigenvalue weighted by atomic mass is 10.0. The van der Waals surface area contributed by atoms with Gasteiger partial charge in [-0.1, -0.05) is 32.4 Å². The summed E-state index contributed by atoms with van der Waals surface area (Å²) in [4.78, 5) is 0. The van der Waals surface area contributed by atoms with Crippen LogP contribution in [0.5, 0.6) is 5.75 Å². The number of aryl methyl sites for hydroxylation is 1. The lowest BCUT2D eigenvalue weighted by Gasteiger charge is -2.09. The molecule has 0 spiro atoms. The van der Waals surface area contributed by atoms with Crippen LogP contribution < -0.4 is 4.74 Å². The zero-order valence-electron chi connectivity index (χ0n) is 10.8. The summed E-state index contributed by atoms with van der Waals surface area (Å²) in [5, 5.41) is 0. The molecule has 4 heteroatoms. The van der Waals surface area contributed by atoms with Crippen molar-refractivity contribution in [1.29, 1.82) is 0 Å². The summed E-state index contributed by atoms with van der Waals surface area (Å²) in [6.07, 6.45) is -1.07. The van der Waals surface area contributed by atoms with E-state index in [2.05, 4.69) is 18.6 Å². The molecule has 0 radical (unpaired) electrons. The molecule has 1 nitrogen and oxygen atoms in total. The van der Waals surface area contributed by atoms with Crippen LogP contribution in [0.15, 0.2) is 24.3 Å². The minimum Gasteiger partial charge on any atom is -0.484 e. The summed E-state index contributed by atoms with van der Waals surface area (Å²) in [7, 11) is 0. The van der Waals surface area contributed by atoms with Gasteiger partial charge in [0.05, 0.1) is 0 Å². The van der Waals surface area contributed by atoms with E-state index < -0.39 is 12.8 Å². The van der Waals surface area contributed by atoms with Gasteiger partial charge in [-0.05, 0) is 36.5 Å². The summed E-state index contributed by atoms with van der Waals surface area (Å²) >= 11 is 0. The molecule has 0 amide bonds. The van der Waals surface area contributed by atoms with E-state index in [1.54, 1.807) is 12.1 Å². The largest absolute Gasteiger partial charge is 0.484 e. The monoisotopic (exact) mass is 260 g/mol. The number of rotatable bonds is 6. The molecule has 0 saturated heterocycles. The van der Waals surface area contributed by atoms with Crippen molar-refractivity contribution in [3.8, 4) is 5.75 Å². The number of benzene rings is 1. The Morgan fingerprint density at radius 2 is 1.72 bits per heavy atom. The van der Waals surface area contributed by atoms with E-state index in [1.807, 2.05) is 12.1 Å². The Kier molecular flexibility index (Phi) is 5.51. The average Bonchev–Trinajstić information content (AvgIpc) is 2.26. The number of alkyl halides is 3. The van der Waals surface area contributed by atoms with E-state index in [1.165, 1.54) is 0 Å². The SMILES string of the molecule is CC(C)CCCc1ccc(OCC(F)(F)F)cc1. The number of hydrogen-bond acceptors (Lipinski definition) is 1. The molecule has 18 heavy (non-hydrogen) atoms. The van der Waals surface area contributed by atoms with Crippen LogP contribution in [-0.2, 0) is 6.42 Å². The molecule has 1 aromatic carbocycles. The summed E-state index contributed by atoms with van der Waals surface area (Å²) in [5.41, 5.74) is 1.13. The first-order valence-electron chi connectivity index (χ1n) is 6.15. The molecule has 0 aliphatic rings. The second kappa shape index (κ2) is 6.66. The van der Waals surface area contributed by atoms with Gasteiger partial charge in [0, 0.05) is 0 Å². The van der Waals surface area contributed by atoms with Gasteiger partial charge in [-0.15, -0.1) is 0 Å². The minimum atomic E-state index is -4.28. The molecule has 0 N–H and O–H groups in total. The van der Waals surface area contributed by atoms with Gasteiger partial charge in [-0.25, -0.2) is 0 Å². The molecule has 1 aromatic rings. The second-order valence-electron chi connectivity index (χ2n) is 4.83. The van der Waals surface area contributed by atoms with E-state index in [-0.39, 0.29) is 5.75 Å². The smallest absolute Gasteiger partial charge is 0.422 e. The van der Waals surface area contributed by atoms with Crippen LogP contribution in [0.25, 0.3) is 0 Å². The van der Waals surface area contributed by atoms with Crippen molar-refractivity contribution < 1.29 is 17.9 Å². The molecule has 0 aromatic heterocycles. The van der Waals surface area contributed by atoms with Gasteiger partial charge in [0.1, 0.15) is 5.75 Å². The highest BCUT2D eigenvalue weighted by Crippen LogP contribution is 2.19. The van der Waals surface area contributed by atoms with E-state index >= 15 is 0 Å². The average molecular weight is 260 g/mol. The highest BCUT2D eigenvalue weighted by atomic mass is 19.4. The van der Waals surface area contributed by atoms with Crippen LogP contribution in [0.3, 0.4) is 0 Å². The Balaban J connectivity index is 2.38. The van der Waals surface area contributed by atoms with Crippen molar-refractivity contribution in [3.05, 3.63) is 29.8 Å². The third-order valence-electron chi connectivity index (χ3n) is 2.57. The topological polar surface area (TPSA) is 9.23 Å². The van der Waals surface area contributed by atoms with Gasteiger partial charge < -0.3 is 4.74 Å². The molecule has 102 valence electrons. The summed E-state index contributed by atoms with van der Waals surface area (Å²) in [6, 6.07) is 6.84. The number of halogens is 3. The Morgan fingerprint density at radius 3 is 2.22 bits per heavy atom. The molecular formula is C14H19F3O. The highest BCUT2D eigenvalue weighted by molar-refractivity contribution is 5.27. The third-order valence-corrected chi connectivity index (χ3v) is 2.57. The zero-order chi connectivity index (χ0) is 13.6. The molecule has 0 aliphatic carbocycles. The summed E-state index contributed by atoms with van der Waals surface area (Å²) in [6.45, 7) is 3.11. The Morgan fingerprint density at radius 1 is 1.11 bits per heavy atom. The van der Waals surface area contributed by atoms with Crippen molar-refractivity contribution in [1.82, 2.24) is 0 Å². The van der Waals surface area contributed by atoms with Crippen LogP contribution in [0.4, 0.5) is 13.2 Å². The van der Waals surface area contributed by atoms with Gasteiger partial charge >= 0.3 is 6.18 Å². The summed E-state index contributed by atoms with van der Waals surface area (Å²) < 4.78 is 40.5. The number of ether oxygens (including phenoxy) is 1. The van der Waals surface area contributed by atoms with Gasteiger partial charge in [-0.2, -0.15) is 13.2 Å². The van der Waals surface area contributed by atoms with Gasteiger partial charge in [-0.3, -0.25) is 0 Å². The molecule has 0 saturated carbocycles. The van der Waals surface area contributed by atoms with Crippen LogP contribution >= 0.6 is 0 Å². The van der Waals surface area contributed by atoms with E-state index in [4.69, 9.17) is 0 Å². The maximum atomic E-state index is 11.9. The molecule has 1 rings (SSSR count). The van der Waals surface area contributed by atoms with Crippen molar-refractivity contribution in [2.45, 2.75) is 39.3 Å². The van der Waals surface area contributed by atoms with E-state index in [0.29, 0.717) is 5.92 Å². The molecule has 0 heterocycles. The molecule has 0 aliphatic heterocycles. The standard InChI is InChI=1S/C14H19F3O/c1-11(2)4-3-5-12-6-8-13(9-7-12)18-10-14(15,16)17/h6-9,11H,3-5,10H2,1-2H3. The molecule has 0 fully saturated rings. The second-order valence-corrected chi connectivity index (χ2v) is 4.83. The molecule has 0 bridgehead atoms. The fraction of sp³-hybridized carbons (Fsp3) is 0.571. The first-order chi connectivity index (χ1) is 8.37. The third kappa shape index (κ3) is 6.52. The predicted octanol–water partition coefficient (Wildman–Crippen LogP) is 4.61. The normalized spacial score (nSPS) is 11.9. The Bertz CT molecular complexity index is 341. The maximum Gasteiger partial charge on any atom is 0.422 e. The zero-order valence-corrected chi connectivity index (χ0v) is 10.8. The van der Waals surface area contributed by atoms with Gasteiger partial charge in [0.15, 0.2) is 6.61 Å². The fourth-order valence-corrected chi connectivity index (χ4v) is 1.63. The first-order valence-corrected chi connectivity index (χ1v) is 6.15. The molecular weight excluding hydrogens is 241 g/mol. The van der Waals surface area contributed by atoms with Crippen molar-refractivity contribution in [2.24, 2.45) is 5.92 Å². The van der Waals surface area contributed by atoms with Crippen molar-refractivity contribution in [2.75, 3.05) is 6.61 Å². The molecule has 0 atom stereocenters. The minimum absolute atomic E-state index is 0.264. The van der Waals surface area contributed by atoms with E-state index in [0.717, 1.165) is 24.8 Å². The quantitative estimate of drug-likeness (QED) is 0.726. The van der Waals surface area contributed by atoms with Crippen LogP contribution in [-0.4, -0.2) is 12.8 Å². The first kappa shape index (κ1) is 14.9. The van der Waals surface area contributed by atoms with Crippen LogP contribution in [0.2, 0.25) is 0 Å². The van der Waals surface area contributed by atoms with Crippen LogP contribution in [0.1, 0.15) is 32.3 Å².